The molecule has 3 N–H and O–H groups in total. The van der Waals surface area contributed by atoms with Crippen molar-refractivity contribution in [1.82, 2.24) is 10.3 Å². The van der Waals surface area contributed by atoms with Gasteiger partial charge in [0.15, 0.2) is 0 Å². The van der Waals surface area contributed by atoms with Gasteiger partial charge in [-0.25, -0.2) is 9.37 Å². The summed E-state index contributed by atoms with van der Waals surface area (Å²) in [7, 11) is 0. The van der Waals surface area contributed by atoms with E-state index in [1.165, 1.54) is 0 Å². The summed E-state index contributed by atoms with van der Waals surface area (Å²) in [5.74, 6) is 0.187. The van der Waals surface area contributed by atoms with Gasteiger partial charge in [0.25, 0.3) is 0 Å². The molecule has 0 spiro atoms. The maximum Gasteiger partial charge on any atom is 0.229 e. The Morgan fingerprint density at radius 3 is 2.84 bits per heavy atom. The summed E-state index contributed by atoms with van der Waals surface area (Å²) in [5, 5.41) is 9.92. The smallest absolute Gasteiger partial charge is 0.229 e. The number of carbonyl (C=O) groups excluding carboxylic acids is 1. The Labute approximate surface area is 186 Å². The number of carbonyl (C=O) groups is 1. The topological polar surface area (TPSA) is 75.3 Å². The first-order chi connectivity index (χ1) is 15.1. The number of hydrogen-bond acceptors (Lipinski definition) is 5. The molecular formula is C23H28ClFN4O2. The molecule has 0 radical (unpaired) electrons. The molecule has 2 fully saturated rings. The van der Waals surface area contributed by atoms with E-state index in [0.717, 1.165) is 63.9 Å². The number of ether oxygens (including phenoxy) is 1. The standard InChI is InChI=1S/C23H28ClFN4O2/c24-20-4-3-17(27-12-15-5-8-31-9-6-15)10-18(20)19-11-22(28-14-21(19)25)29-23(30)16-2-1-7-26-13-16/h3-4,10-11,14-16,26-27H,1-2,5-9,12-13H2,(H,28,29,30)/t16-/m1/s1. The van der Waals surface area contributed by atoms with Crippen LogP contribution in [0.15, 0.2) is 30.5 Å². The van der Waals surface area contributed by atoms with Gasteiger partial charge in [0, 0.05) is 48.1 Å². The molecule has 6 nitrogen and oxygen atoms in total. The molecule has 2 saturated heterocycles. The molecule has 4 rings (SSSR count). The van der Waals surface area contributed by atoms with Gasteiger partial charge in [-0.15, -0.1) is 0 Å². The number of benzene rings is 1. The highest BCUT2D eigenvalue weighted by Gasteiger charge is 2.22. The zero-order chi connectivity index (χ0) is 21.6. The SMILES string of the molecule is O=C(Nc1cc(-c2cc(NCC3CCOCC3)ccc2Cl)c(F)cn1)[C@@H]1CCCNC1. The number of rotatable bonds is 6. The molecule has 1 aromatic heterocycles. The number of amides is 1. The maximum atomic E-state index is 14.7. The summed E-state index contributed by atoms with van der Waals surface area (Å²) in [6.07, 6.45) is 4.99. The molecule has 2 aromatic rings. The zero-order valence-corrected chi connectivity index (χ0v) is 18.2. The van der Waals surface area contributed by atoms with Gasteiger partial charge >= 0.3 is 0 Å². The second-order valence-corrected chi connectivity index (χ2v) is 8.62. The van der Waals surface area contributed by atoms with Crippen LogP contribution in [0, 0.1) is 17.7 Å². The van der Waals surface area contributed by atoms with E-state index in [1.54, 1.807) is 12.1 Å². The van der Waals surface area contributed by atoms with Crippen LogP contribution < -0.4 is 16.0 Å². The molecule has 166 valence electrons. The van der Waals surface area contributed by atoms with E-state index in [2.05, 4.69) is 20.9 Å². The molecule has 0 aliphatic carbocycles. The van der Waals surface area contributed by atoms with Gasteiger partial charge in [0.05, 0.1) is 12.1 Å². The Kier molecular flexibility index (Phi) is 7.37. The fraction of sp³-hybridized carbons (Fsp3) is 0.478. The van der Waals surface area contributed by atoms with Crippen molar-refractivity contribution in [3.8, 4) is 11.1 Å². The summed E-state index contributed by atoms with van der Waals surface area (Å²) >= 11 is 6.40. The number of nitrogens with one attached hydrogen (secondary N) is 3. The third-order valence-corrected chi connectivity index (χ3v) is 6.30. The van der Waals surface area contributed by atoms with E-state index >= 15 is 0 Å². The molecule has 8 heteroatoms. The van der Waals surface area contributed by atoms with Gasteiger partial charge in [0.1, 0.15) is 11.6 Å². The number of halogens is 2. The maximum absolute atomic E-state index is 14.7. The first kappa shape index (κ1) is 22.0. The Morgan fingerprint density at radius 2 is 2.06 bits per heavy atom. The fourth-order valence-corrected chi connectivity index (χ4v) is 4.29. The van der Waals surface area contributed by atoms with Crippen molar-refractivity contribution in [2.45, 2.75) is 25.7 Å². The summed E-state index contributed by atoms with van der Waals surface area (Å²) in [6, 6.07) is 7.04. The Hall–Kier alpha value is -2.22. The van der Waals surface area contributed by atoms with Crippen molar-refractivity contribution in [1.29, 1.82) is 0 Å². The van der Waals surface area contributed by atoms with Crippen LogP contribution in [0.25, 0.3) is 11.1 Å². The van der Waals surface area contributed by atoms with Gasteiger partial charge in [-0.2, -0.15) is 0 Å². The van der Waals surface area contributed by atoms with Gasteiger partial charge in [0.2, 0.25) is 5.91 Å². The van der Waals surface area contributed by atoms with Crippen LogP contribution in [0.4, 0.5) is 15.9 Å². The van der Waals surface area contributed by atoms with Crippen LogP contribution in [0.5, 0.6) is 0 Å². The minimum Gasteiger partial charge on any atom is -0.385 e. The fourth-order valence-electron chi connectivity index (χ4n) is 4.07. The number of piperidine rings is 1. The van der Waals surface area contributed by atoms with E-state index in [4.69, 9.17) is 16.3 Å². The molecule has 2 aliphatic heterocycles. The lowest BCUT2D eigenvalue weighted by Crippen LogP contribution is -2.37. The number of hydrogen-bond donors (Lipinski definition) is 3. The Bertz CT molecular complexity index is 914. The summed E-state index contributed by atoms with van der Waals surface area (Å²) in [4.78, 5) is 16.6. The van der Waals surface area contributed by atoms with Crippen molar-refractivity contribution in [3.63, 3.8) is 0 Å². The number of pyridine rings is 1. The van der Waals surface area contributed by atoms with Crippen LogP contribution >= 0.6 is 11.6 Å². The van der Waals surface area contributed by atoms with E-state index < -0.39 is 5.82 Å². The van der Waals surface area contributed by atoms with E-state index in [9.17, 15) is 9.18 Å². The summed E-state index contributed by atoms with van der Waals surface area (Å²) in [6.45, 7) is 4.00. The average Bonchev–Trinajstić information content (AvgIpc) is 2.81. The molecule has 0 saturated carbocycles. The molecule has 2 aliphatic rings. The van der Waals surface area contributed by atoms with Crippen LogP contribution in [0.1, 0.15) is 25.7 Å². The number of anilines is 2. The zero-order valence-electron chi connectivity index (χ0n) is 17.4. The molecular weight excluding hydrogens is 419 g/mol. The number of aromatic nitrogens is 1. The lowest BCUT2D eigenvalue weighted by Gasteiger charge is -2.23. The highest BCUT2D eigenvalue weighted by molar-refractivity contribution is 6.33. The molecule has 31 heavy (non-hydrogen) atoms. The molecule has 1 amide bonds. The first-order valence-corrected chi connectivity index (χ1v) is 11.3. The summed E-state index contributed by atoms with van der Waals surface area (Å²) < 4.78 is 20.1. The predicted molar refractivity (Wildman–Crippen MR) is 121 cm³/mol. The Morgan fingerprint density at radius 1 is 1.23 bits per heavy atom. The highest BCUT2D eigenvalue weighted by Crippen LogP contribution is 2.33. The molecule has 1 atom stereocenters. The van der Waals surface area contributed by atoms with Crippen molar-refractivity contribution >= 4 is 29.0 Å². The average molecular weight is 447 g/mol. The van der Waals surface area contributed by atoms with Crippen molar-refractivity contribution in [3.05, 3.63) is 41.3 Å². The highest BCUT2D eigenvalue weighted by atomic mass is 35.5. The van der Waals surface area contributed by atoms with E-state index in [0.29, 0.717) is 34.4 Å². The van der Waals surface area contributed by atoms with Gasteiger partial charge in [-0.3, -0.25) is 4.79 Å². The van der Waals surface area contributed by atoms with E-state index in [-0.39, 0.29) is 11.8 Å². The van der Waals surface area contributed by atoms with Crippen LogP contribution in [0.3, 0.4) is 0 Å². The quantitative estimate of drug-likeness (QED) is 0.616. The normalized spacial score (nSPS) is 19.7. The van der Waals surface area contributed by atoms with Crippen LogP contribution in [-0.4, -0.2) is 43.7 Å². The monoisotopic (exact) mass is 446 g/mol. The Balaban J connectivity index is 1.49. The molecule has 1 aromatic carbocycles. The van der Waals surface area contributed by atoms with E-state index in [1.807, 2.05) is 12.1 Å². The lowest BCUT2D eigenvalue weighted by atomic mass is 9.99. The van der Waals surface area contributed by atoms with Crippen molar-refractivity contribution in [2.75, 3.05) is 43.5 Å². The van der Waals surface area contributed by atoms with Crippen molar-refractivity contribution in [2.24, 2.45) is 11.8 Å². The van der Waals surface area contributed by atoms with Gasteiger partial charge in [-0.1, -0.05) is 11.6 Å². The number of nitrogens with zero attached hydrogens (tertiary/aromatic N) is 1. The third-order valence-electron chi connectivity index (χ3n) is 5.97. The summed E-state index contributed by atoms with van der Waals surface area (Å²) in [5.41, 5.74) is 1.75. The molecule has 3 heterocycles. The second kappa shape index (κ2) is 10.4. The van der Waals surface area contributed by atoms with Crippen molar-refractivity contribution < 1.29 is 13.9 Å². The first-order valence-electron chi connectivity index (χ1n) is 10.9. The predicted octanol–water partition coefficient (Wildman–Crippen LogP) is 4.32. The van der Waals surface area contributed by atoms with Crippen LogP contribution in [-0.2, 0) is 9.53 Å². The minimum absolute atomic E-state index is 0.102. The minimum atomic E-state index is -0.485. The largest absolute Gasteiger partial charge is 0.385 e. The molecule has 0 unspecified atom stereocenters. The lowest BCUT2D eigenvalue weighted by molar-refractivity contribution is -0.120. The second-order valence-electron chi connectivity index (χ2n) is 8.21. The van der Waals surface area contributed by atoms with Gasteiger partial charge in [-0.05, 0) is 62.4 Å². The van der Waals surface area contributed by atoms with Gasteiger partial charge < -0.3 is 20.7 Å². The third kappa shape index (κ3) is 5.73. The van der Waals surface area contributed by atoms with Crippen LogP contribution in [0.2, 0.25) is 5.02 Å². The molecule has 0 bridgehead atoms.